The number of nitrogens with one attached hydrogen (secondary N) is 1. The number of hydrogen-bond donors (Lipinski definition) is 1. The van der Waals surface area contributed by atoms with E-state index in [4.69, 9.17) is 32.7 Å². The van der Waals surface area contributed by atoms with E-state index in [0.717, 1.165) is 0 Å². The maximum absolute atomic E-state index is 12.6. The van der Waals surface area contributed by atoms with Crippen LogP contribution in [0.4, 0.5) is 11.4 Å². The minimum absolute atomic E-state index is 0.0280. The number of carbonyl (C=O) groups is 1. The number of nitro groups is 1. The summed E-state index contributed by atoms with van der Waals surface area (Å²) in [6.45, 7) is 2.24. The fourth-order valence-corrected chi connectivity index (χ4v) is 3.31. The zero-order valence-electron chi connectivity index (χ0n) is 18.5. The van der Waals surface area contributed by atoms with E-state index in [-0.39, 0.29) is 22.9 Å². The van der Waals surface area contributed by atoms with E-state index in [2.05, 4.69) is 5.32 Å². The second-order valence-corrected chi connectivity index (χ2v) is 7.92. The molecule has 0 atom stereocenters. The molecule has 35 heavy (non-hydrogen) atoms. The van der Waals surface area contributed by atoms with Gasteiger partial charge in [-0.3, -0.25) is 14.9 Å². The molecule has 0 spiro atoms. The van der Waals surface area contributed by atoms with Crippen molar-refractivity contribution < 1.29 is 19.2 Å². The summed E-state index contributed by atoms with van der Waals surface area (Å²) in [7, 11) is 0. The molecule has 0 aliphatic rings. The zero-order valence-corrected chi connectivity index (χ0v) is 20.0. The Hall–Kier alpha value is -4.06. The molecule has 0 aromatic heterocycles. The van der Waals surface area contributed by atoms with Gasteiger partial charge >= 0.3 is 0 Å². The number of nitro benzene ring substituents is 1. The summed E-state index contributed by atoms with van der Waals surface area (Å²) in [4.78, 5) is 23.1. The van der Waals surface area contributed by atoms with Crippen molar-refractivity contribution in [1.82, 2.24) is 0 Å². The number of anilines is 1. The summed E-state index contributed by atoms with van der Waals surface area (Å²) >= 11 is 11.9. The Morgan fingerprint density at radius 1 is 1.09 bits per heavy atom. The van der Waals surface area contributed by atoms with Crippen LogP contribution in [0, 0.1) is 21.4 Å². The molecule has 0 unspecified atom stereocenters. The van der Waals surface area contributed by atoms with Gasteiger partial charge in [0, 0.05) is 17.8 Å². The van der Waals surface area contributed by atoms with Gasteiger partial charge in [-0.25, -0.2) is 0 Å². The van der Waals surface area contributed by atoms with E-state index < -0.39 is 10.8 Å². The first kappa shape index (κ1) is 25.6. The van der Waals surface area contributed by atoms with Gasteiger partial charge in [-0.05, 0) is 54.5 Å². The maximum atomic E-state index is 12.6. The third-order valence-corrected chi connectivity index (χ3v) is 5.38. The molecule has 1 N–H and O–H groups in total. The molecule has 0 fully saturated rings. The molecule has 0 bridgehead atoms. The van der Waals surface area contributed by atoms with Gasteiger partial charge in [0.25, 0.3) is 11.6 Å². The van der Waals surface area contributed by atoms with Gasteiger partial charge in [0.15, 0.2) is 11.5 Å². The lowest BCUT2D eigenvalue weighted by atomic mass is 10.1. The molecule has 0 saturated carbocycles. The van der Waals surface area contributed by atoms with Gasteiger partial charge in [0.1, 0.15) is 18.2 Å². The van der Waals surface area contributed by atoms with Gasteiger partial charge in [0.2, 0.25) is 0 Å². The maximum Gasteiger partial charge on any atom is 0.269 e. The Labute approximate surface area is 211 Å². The van der Waals surface area contributed by atoms with Gasteiger partial charge in [0.05, 0.1) is 21.6 Å². The Balaban J connectivity index is 1.78. The second-order valence-electron chi connectivity index (χ2n) is 7.11. The molecular weight excluding hydrogens is 493 g/mol. The summed E-state index contributed by atoms with van der Waals surface area (Å²) < 4.78 is 11.5. The van der Waals surface area contributed by atoms with Crippen LogP contribution < -0.4 is 14.8 Å². The molecule has 3 rings (SSSR count). The highest BCUT2D eigenvalue weighted by Gasteiger charge is 2.13. The number of carbonyl (C=O) groups excluding carboxylic acids is 1. The van der Waals surface area contributed by atoms with E-state index in [1.807, 2.05) is 6.07 Å². The molecular formula is C25H19Cl2N3O5. The van der Waals surface area contributed by atoms with Gasteiger partial charge in [-0.15, -0.1) is 0 Å². The van der Waals surface area contributed by atoms with E-state index in [1.54, 1.807) is 43.3 Å². The van der Waals surface area contributed by atoms with Crippen LogP contribution in [0.25, 0.3) is 6.08 Å². The lowest BCUT2D eigenvalue weighted by molar-refractivity contribution is -0.384. The SMILES string of the molecule is CCOc1cc(/C=C(\C#N)C(=O)Nc2ccc(Cl)c(Cl)c2)ccc1OCc1cccc([N+](=O)[O-])c1. The van der Waals surface area contributed by atoms with Gasteiger partial charge in [-0.2, -0.15) is 5.26 Å². The van der Waals surface area contributed by atoms with Crippen molar-refractivity contribution in [3.05, 3.63) is 97.5 Å². The van der Waals surface area contributed by atoms with Crippen LogP contribution in [0.15, 0.2) is 66.2 Å². The summed E-state index contributed by atoms with van der Waals surface area (Å²) in [6.07, 6.45) is 1.42. The fourth-order valence-electron chi connectivity index (χ4n) is 3.01. The number of hydrogen-bond acceptors (Lipinski definition) is 6. The first-order valence-electron chi connectivity index (χ1n) is 10.3. The fraction of sp³-hybridized carbons (Fsp3) is 0.120. The minimum Gasteiger partial charge on any atom is -0.490 e. The zero-order chi connectivity index (χ0) is 25.4. The Bertz CT molecular complexity index is 1330. The smallest absolute Gasteiger partial charge is 0.269 e. The number of nitriles is 1. The molecule has 0 saturated heterocycles. The van der Waals surface area contributed by atoms with Crippen LogP contribution in [0.2, 0.25) is 10.0 Å². The summed E-state index contributed by atoms with van der Waals surface area (Å²) in [5.41, 5.74) is 1.39. The van der Waals surface area contributed by atoms with E-state index in [1.165, 1.54) is 30.3 Å². The third kappa shape index (κ3) is 6.96. The quantitative estimate of drug-likeness (QED) is 0.153. The lowest BCUT2D eigenvalue weighted by Crippen LogP contribution is -2.13. The van der Waals surface area contributed by atoms with Crippen LogP contribution in [-0.2, 0) is 11.4 Å². The van der Waals surface area contributed by atoms with Crippen molar-refractivity contribution in [2.75, 3.05) is 11.9 Å². The first-order chi connectivity index (χ1) is 16.8. The average molecular weight is 512 g/mol. The second kappa shape index (κ2) is 11.9. The Kier molecular flexibility index (Phi) is 8.68. The Morgan fingerprint density at radius 3 is 2.57 bits per heavy atom. The van der Waals surface area contributed by atoms with Crippen LogP contribution in [0.5, 0.6) is 11.5 Å². The standard InChI is InChI=1S/C25H19Cl2N3O5/c1-2-34-24-12-16(6-9-23(24)35-15-17-4-3-5-20(11-17)30(32)33)10-18(14-28)25(31)29-19-7-8-21(26)22(27)13-19/h3-13H,2,15H2,1H3,(H,29,31)/b18-10+. The predicted octanol–water partition coefficient (Wildman–Crippen LogP) is 6.42. The minimum atomic E-state index is -0.616. The summed E-state index contributed by atoms with van der Waals surface area (Å²) in [5, 5.41) is 23.7. The molecule has 8 nitrogen and oxygen atoms in total. The van der Waals surface area contributed by atoms with Gasteiger partial charge in [-0.1, -0.05) is 41.4 Å². The molecule has 0 aliphatic heterocycles. The largest absolute Gasteiger partial charge is 0.490 e. The molecule has 1 amide bonds. The molecule has 3 aromatic rings. The number of rotatable bonds is 9. The van der Waals surface area contributed by atoms with Crippen molar-refractivity contribution in [3.8, 4) is 17.6 Å². The van der Waals surface area contributed by atoms with Crippen LogP contribution in [-0.4, -0.2) is 17.4 Å². The molecule has 178 valence electrons. The number of amides is 1. The number of ether oxygens (including phenoxy) is 2. The van der Waals surface area contributed by atoms with Crippen LogP contribution in [0.1, 0.15) is 18.1 Å². The van der Waals surface area contributed by atoms with Crippen molar-refractivity contribution in [1.29, 1.82) is 5.26 Å². The third-order valence-electron chi connectivity index (χ3n) is 4.64. The van der Waals surface area contributed by atoms with E-state index in [9.17, 15) is 20.2 Å². The number of halogens is 2. The van der Waals surface area contributed by atoms with Crippen LogP contribution >= 0.6 is 23.2 Å². The number of non-ortho nitro benzene ring substituents is 1. The highest BCUT2D eigenvalue weighted by molar-refractivity contribution is 6.42. The molecule has 0 radical (unpaired) electrons. The highest BCUT2D eigenvalue weighted by atomic mass is 35.5. The molecule has 0 heterocycles. The predicted molar refractivity (Wildman–Crippen MR) is 134 cm³/mol. The summed E-state index contributed by atoms with van der Waals surface area (Å²) in [5.74, 6) is 0.193. The monoisotopic (exact) mass is 511 g/mol. The lowest BCUT2D eigenvalue weighted by Gasteiger charge is -2.13. The molecule has 3 aromatic carbocycles. The molecule has 0 aliphatic carbocycles. The average Bonchev–Trinajstić information content (AvgIpc) is 2.84. The number of nitrogens with zero attached hydrogens (tertiary/aromatic N) is 2. The van der Waals surface area contributed by atoms with E-state index in [0.29, 0.717) is 39.9 Å². The van der Waals surface area contributed by atoms with Gasteiger partial charge < -0.3 is 14.8 Å². The van der Waals surface area contributed by atoms with Crippen molar-refractivity contribution in [2.24, 2.45) is 0 Å². The van der Waals surface area contributed by atoms with Crippen molar-refractivity contribution in [3.63, 3.8) is 0 Å². The van der Waals surface area contributed by atoms with Crippen molar-refractivity contribution >= 4 is 46.6 Å². The van der Waals surface area contributed by atoms with Crippen LogP contribution in [0.3, 0.4) is 0 Å². The highest BCUT2D eigenvalue weighted by Crippen LogP contribution is 2.31. The topological polar surface area (TPSA) is 114 Å². The van der Waals surface area contributed by atoms with E-state index >= 15 is 0 Å². The number of benzene rings is 3. The van der Waals surface area contributed by atoms with Crippen molar-refractivity contribution in [2.45, 2.75) is 13.5 Å². The summed E-state index contributed by atoms with van der Waals surface area (Å²) in [6, 6.07) is 17.6. The Morgan fingerprint density at radius 2 is 1.89 bits per heavy atom. The molecule has 10 heteroatoms. The normalized spacial score (nSPS) is 10.9. The first-order valence-corrected chi connectivity index (χ1v) is 11.1.